The van der Waals surface area contributed by atoms with Crippen LogP contribution in [0.25, 0.3) is 0 Å². The minimum atomic E-state index is -3.38. The van der Waals surface area contributed by atoms with Crippen molar-refractivity contribution in [1.82, 2.24) is 9.62 Å². The Labute approximate surface area is 127 Å². The van der Waals surface area contributed by atoms with Crippen LogP contribution in [-0.4, -0.2) is 31.9 Å². The van der Waals surface area contributed by atoms with Crippen LogP contribution in [0.3, 0.4) is 0 Å². The highest BCUT2D eigenvalue weighted by molar-refractivity contribution is 7.89. The Balaban J connectivity index is 2.02. The molecule has 5 heteroatoms. The summed E-state index contributed by atoms with van der Waals surface area (Å²) in [7, 11) is -3.38. The molecule has 0 radical (unpaired) electrons. The number of piperidine rings is 1. The van der Waals surface area contributed by atoms with E-state index in [1.807, 2.05) is 19.1 Å². The quantitative estimate of drug-likeness (QED) is 0.910. The number of nitrogens with one attached hydrogen (secondary N) is 1. The summed E-state index contributed by atoms with van der Waals surface area (Å²) in [5.41, 5.74) is 2.14. The second-order valence-corrected chi connectivity index (χ2v) is 8.16. The van der Waals surface area contributed by atoms with Gasteiger partial charge in [0.25, 0.3) is 0 Å². The summed E-state index contributed by atoms with van der Waals surface area (Å²) in [6, 6.07) is 5.77. The Morgan fingerprint density at radius 1 is 1.29 bits per heavy atom. The average molecular weight is 308 g/mol. The van der Waals surface area contributed by atoms with Crippen LogP contribution in [0, 0.1) is 5.92 Å². The normalized spacial score (nSPS) is 27.3. The highest BCUT2D eigenvalue weighted by Gasteiger charge is 2.36. The molecule has 1 aromatic rings. The van der Waals surface area contributed by atoms with Gasteiger partial charge in [-0.2, -0.15) is 4.31 Å². The van der Waals surface area contributed by atoms with Gasteiger partial charge in [-0.25, -0.2) is 8.42 Å². The molecule has 0 saturated carbocycles. The van der Waals surface area contributed by atoms with Crippen molar-refractivity contribution >= 4 is 10.0 Å². The standard InChI is InChI=1S/C16H24N2O2S/c1-12-5-4-10-18(13(12)2)21(19,20)16-7-3-6-14-11-17-9-8-15(14)16/h3,6-7,12-13,17H,4-5,8-11H2,1-2H3. The number of hydrogen-bond acceptors (Lipinski definition) is 3. The van der Waals surface area contributed by atoms with Gasteiger partial charge in [-0.15, -0.1) is 0 Å². The maximum atomic E-state index is 13.1. The number of fused-ring (bicyclic) bond motifs is 1. The van der Waals surface area contributed by atoms with E-state index in [1.54, 1.807) is 10.4 Å². The highest BCUT2D eigenvalue weighted by Crippen LogP contribution is 2.31. The van der Waals surface area contributed by atoms with Gasteiger partial charge in [0.1, 0.15) is 0 Å². The lowest BCUT2D eigenvalue weighted by Gasteiger charge is -2.37. The van der Waals surface area contributed by atoms with Gasteiger partial charge < -0.3 is 5.32 Å². The predicted octanol–water partition coefficient (Wildman–Crippen LogP) is 2.14. The van der Waals surface area contributed by atoms with E-state index in [0.717, 1.165) is 43.5 Å². The third-order valence-corrected chi connectivity index (χ3v) is 7.07. The maximum absolute atomic E-state index is 13.1. The van der Waals surface area contributed by atoms with Crippen LogP contribution in [-0.2, 0) is 23.0 Å². The first kappa shape index (κ1) is 15.0. The summed E-state index contributed by atoms with van der Waals surface area (Å²) in [6.07, 6.45) is 2.87. The van der Waals surface area contributed by atoms with Gasteiger partial charge in [0.15, 0.2) is 0 Å². The highest BCUT2D eigenvalue weighted by atomic mass is 32.2. The topological polar surface area (TPSA) is 49.4 Å². The second-order valence-electron chi connectivity index (χ2n) is 6.30. The minimum Gasteiger partial charge on any atom is -0.312 e. The molecule has 0 aromatic heterocycles. The van der Waals surface area contributed by atoms with Gasteiger partial charge in [0.2, 0.25) is 10.0 Å². The van der Waals surface area contributed by atoms with Gasteiger partial charge >= 0.3 is 0 Å². The Morgan fingerprint density at radius 2 is 2.10 bits per heavy atom. The lowest BCUT2D eigenvalue weighted by molar-refractivity contribution is 0.202. The molecule has 4 nitrogen and oxygen atoms in total. The summed E-state index contributed by atoms with van der Waals surface area (Å²) in [5, 5.41) is 3.31. The van der Waals surface area contributed by atoms with Crippen molar-refractivity contribution in [2.24, 2.45) is 5.92 Å². The molecular weight excluding hydrogens is 284 g/mol. The van der Waals surface area contributed by atoms with Gasteiger partial charge in [0.05, 0.1) is 4.90 Å². The van der Waals surface area contributed by atoms with E-state index in [9.17, 15) is 8.42 Å². The van der Waals surface area contributed by atoms with Crippen molar-refractivity contribution in [3.63, 3.8) is 0 Å². The third-order valence-electron chi connectivity index (χ3n) is 5.00. The lowest BCUT2D eigenvalue weighted by Crippen LogP contribution is -2.46. The Bertz CT molecular complexity index is 627. The molecule has 116 valence electrons. The minimum absolute atomic E-state index is 0.0846. The Kier molecular flexibility index (Phi) is 4.08. The first-order valence-corrected chi connectivity index (χ1v) is 9.29. The molecule has 1 aromatic carbocycles. The zero-order chi connectivity index (χ0) is 15.0. The van der Waals surface area contributed by atoms with E-state index in [2.05, 4.69) is 12.2 Å². The lowest BCUT2D eigenvalue weighted by atomic mass is 9.94. The van der Waals surface area contributed by atoms with E-state index in [1.165, 1.54) is 0 Å². The van der Waals surface area contributed by atoms with Gasteiger partial charge in [-0.05, 0) is 55.8 Å². The van der Waals surface area contributed by atoms with Crippen LogP contribution < -0.4 is 5.32 Å². The number of rotatable bonds is 2. The van der Waals surface area contributed by atoms with Crippen molar-refractivity contribution in [2.75, 3.05) is 13.1 Å². The molecule has 2 aliphatic heterocycles. The van der Waals surface area contributed by atoms with E-state index >= 15 is 0 Å². The van der Waals surface area contributed by atoms with Crippen LogP contribution in [0.5, 0.6) is 0 Å². The SMILES string of the molecule is CC1CCCN(S(=O)(=O)c2cccc3c2CCNC3)C1C. The summed E-state index contributed by atoms with van der Waals surface area (Å²) in [5.74, 6) is 0.426. The molecule has 2 aliphatic rings. The largest absolute Gasteiger partial charge is 0.312 e. The second kappa shape index (κ2) is 5.71. The van der Waals surface area contributed by atoms with E-state index in [0.29, 0.717) is 17.4 Å². The first-order valence-electron chi connectivity index (χ1n) is 7.85. The molecule has 1 saturated heterocycles. The fourth-order valence-electron chi connectivity index (χ4n) is 3.50. The van der Waals surface area contributed by atoms with Crippen LogP contribution >= 0.6 is 0 Å². The fourth-order valence-corrected chi connectivity index (χ4v) is 5.56. The summed E-state index contributed by atoms with van der Waals surface area (Å²) >= 11 is 0. The van der Waals surface area contributed by atoms with Gasteiger partial charge in [0, 0.05) is 19.1 Å². The molecule has 3 rings (SSSR count). The first-order chi connectivity index (χ1) is 10.0. The molecule has 0 aliphatic carbocycles. The Hall–Kier alpha value is -0.910. The molecule has 0 amide bonds. The maximum Gasteiger partial charge on any atom is 0.243 e. The fraction of sp³-hybridized carbons (Fsp3) is 0.625. The van der Waals surface area contributed by atoms with Crippen molar-refractivity contribution in [2.45, 2.75) is 50.6 Å². The van der Waals surface area contributed by atoms with Crippen LogP contribution in [0.4, 0.5) is 0 Å². The predicted molar refractivity (Wildman–Crippen MR) is 83.6 cm³/mol. The summed E-state index contributed by atoms with van der Waals surface area (Å²) in [4.78, 5) is 0.530. The molecule has 21 heavy (non-hydrogen) atoms. The number of nitrogens with zero attached hydrogens (tertiary/aromatic N) is 1. The van der Waals surface area contributed by atoms with E-state index in [4.69, 9.17) is 0 Å². The molecule has 2 unspecified atom stereocenters. The average Bonchev–Trinajstić information content (AvgIpc) is 2.49. The van der Waals surface area contributed by atoms with Gasteiger partial charge in [-0.1, -0.05) is 19.1 Å². The van der Waals surface area contributed by atoms with E-state index in [-0.39, 0.29) is 6.04 Å². The number of benzene rings is 1. The van der Waals surface area contributed by atoms with Crippen molar-refractivity contribution in [3.8, 4) is 0 Å². The number of sulfonamides is 1. The van der Waals surface area contributed by atoms with Crippen LogP contribution in [0.1, 0.15) is 37.8 Å². The van der Waals surface area contributed by atoms with Crippen LogP contribution in [0.2, 0.25) is 0 Å². The molecule has 1 fully saturated rings. The van der Waals surface area contributed by atoms with Crippen LogP contribution in [0.15, 0.2) is 23.1 Å². The molecule has 2 atom stereocenters. The monoisotopic (exact) mass is 308 g/mol. The third kappa shape index (κ3) is 2.62. The number of hydrogen-bond donors (Lipinski definition) is 1. The van der Waals surface area contributed by atoms with Crippen molar-refractivity contribution < 1.29 is 8.42 Å². The molecule has 2 heterocycles. The zero-order valence-electron chi connectivity index (χ0n) is 12.8. The van der Waals surface area contributed by atoms with Crippen molar-refractivity contribution in [1.29, 1.82) is 0 Å². The molecule has 0 bridgehead atoms. The molecular formula is C16H24N2O2S. The smallest absolute Gasteiger partial charge is 0.243 e. The molecule has 1 N–H and O–H groups in total. The summed E-state index contributed by atoms with van der Waals surface area (Å²) in [6.45, 7) is 6.46. The zero-order valence-corrected chi connectivity index (χ0v) is 13.6. The van der Waals surface area contributed by atoms with Gasteiger partial charge in [-0.3, -0.25) is 0 Å². The van der Waals surface area contributed by atoms with Crippen molar-refractivity contribution in [3.05, 3.63) is 29.3 Å². The van der Waals surface area contributed by atoms with E-state index < -0.39 is 10.0 Å². The molecule has 0 spiro atoms. The summed E-state index contributed by atoms with van der Waals surface area (Å²) < 4.78 is 28.0. The Morgan fingerprint density at radius 3 is 2.90 bits per heavy atom.